The second-order valence-electron chi connectivity index (χ2n) is 10.5. The van der Waals surface area contributed by atoms with Crippen LogP contribution < -0.4 is 10.5 Å². The number of nitrogens with zero attached hydrogens (tertiary/aromatic N) is 5. The highest BCUT2D eigenvalue weighted by Crippen LogP contribution is 2.29. The van der Waals surface area contributed by atoms with Gasteiger partial charge in [-0.25, -0.2) is 14.8 Å². The summed E-state index contributed by atoms with van der Waals surface area (Å²) < 4.78 is 18.4. The fourth-order valence-corrected chi connectivity index (χ4v) is 5.30. The van der Waals surface area contributed by atoms with E-state index in [-0.39, 0.29) is 19.1 Å². The first-order valence-corrected chi connectivity index (χ1v) is 15.3. The van der Waals surface area contributed by atoms with Crippen LogP contribution in [0.25, 0.3) is 21.9 Å². The number of carbonyl (C=O) groups is 2. The minimum Gasteiger partial charge on any atom is -0.482 e. The maximum absolute atomic E-state index is 13.7. The highest BCUT2D eigenvalue weighted by atomic mass is 16.6. The lowest BCUT2D eigenvalue weighted by atomic mass is 10.1. The SMILES string of the molecule is CCOC(=O)COc1ccccc1CN(CCCn1c(CCOC)nc2c(N)nc3ccccc3c21)C(=O)CN(CC)CC. The third-order valence-electron chi connectivity index (χ3n) is 7.62. The van der Waals surface area contributed by atoms with Gasteiger partial charge in [0.15, 0.2) is 12.4 Å². The molecule has 236 valence electrons. The van der Waals surface area contributed by atoms with Crippen molar-refractivity contribution in [2.75, 3.05) is 58.8 Å². The average Bonchev–Trinajstić information content (AvgIpc) is 3.40. The molecule has 1 amide bonds. The van der Waals surface area contributed by atoms with Gasteiger partial charge in [-0.2, -0.15) is 0 Å². The molecule has 0 saturated heterocycles. The summed E-state index contributed by atoms with van der Waals surface area (Å²) in [6.07, 6.45) is 1.30. The number of likely N-dealkylation sites (N-methyl/N-ethyl adjacent to an activating group) is 1. The molecule has 2 aromatic carbocycles. The number of nitrogens with two attached hydrogens (primary N) is 1. The monoisotopic (exact) mass is 604 g/mol. The van der Waals surface area contributed by atoms with Crippen molar-refractivity contribution in [2.45, 2.75) is 46.7 Å². The molecule has 11 nitrogen and oxygen atoms in total. The van der Waals surface area contributed by atoms with Crippen LogP contribution in [0.3, 0.4) is 0 Å². The number of amides is 1. The predicted molar refractivity (Wildman–Crippen MR) is 171 cm³/mol. The largest absolute Gasteiger partial charge is 0.482 e. The number of para-hydroxylation sites is 2. The number of hydrogen-bond donors (Lipinski definition) is 1. The smallest absolute Gasteiger partial charge is 0.344 e. The van der Waals surface area contributed by atoms with Crippen LogP contribution in [0.1, 0.15) is 38.6 Å². The number of benzene rings is 2. The van der Waals surface area contributed by atoms with E-state index in [0.717, 1.165) is 40.9 Å². The molecule has 0 aliphatic rings. The number of esters is 1. The van der Waals surface area contributed by atoms with Gasteiger partial charge in [-0.3, -0.25) is 9.69 Å². The van der Waals surface area contributed by atoms with Gasteiger partial charge in [0.25, 0.3) is 0 Å². The fraction of sp³-hybridized carbons (Fsp3) is 0.455. The van der Waals surface area contributed by atoms with E-state index >= 15 is 0 Å². The highest BCUT2D eigenvalue weighted by molar-refractivity contribution is 6.06. The minimum atomic E-state index is -0.433. The number of pyridine rings is 1. The van der Waals surface area contributed by atoms with E-state index in [4.69, 9.17) is 24.9 Å². The zero-order chi connectivity index (χ0) is 31.5. The van der Waals surface area contributed by atoms with Crippen molar-refractivity contribution in [3.8, 4) is 5.75 Å². The van der Waals surface area contributed by atoms with Gasteiger partial charge in [0.2, 0.25) is 5.91 Å². The van der Waals surface area contributed by atoms with Gasteiger partial charge < -0.3 is 29.4 Å². The number of fused-ring (bicyclic) bond motifs is 3. The van der Waals surface area contributed by atoms with Crippen LogP contribution in [-0.2, 0) is 38.6 Å². The molecule has 0 fully saturated rings. The van der Waals surface area contributed by atoms with Crippen molar-refractivity contribution in [3.63, 3.8) is 0 Å². The Labute approximate surface area is 258 Å². The highest BCUT2D eigenvalue weighted by Gasteiger charge is 2.21. The van der Waals surface area contributed by atoms with E-state index in [2.05, 4.69) is 28.3 Å². The van der Waals surface area contributed by atoms with Gasteiger partial charge in [-0.15, -0.1) is 0 Å². The number of ether oxygens (including phenoxy) is 3. The molecule has 4 rings (SSSR count). The lowest BCUT2D eigenvalue weighted by Gasteiger charge is -2.27. The standard InChI is InChI=1S/C33H44N6O5/c1-5-37(6-2)22-29(40)38(21-24-13-8-11-16-27(24)44-23-30(41)43-7-3)18-12-19-39-28(17-20-42-4)36-31-32(39)25-14-9-10-15-26(25)35-33(31)34/h8-11,13-16H,5-7,12,17-23H2,1-4H3,(H2,34,35). The summed E-state index contributed by atoms with van der Waals surface area (Å²) in [5.74, 6) is 1.41. The molecule has 0 aliphatic carbocycles. The number of methoxy groups -OCH3 is 1. The van der Waals surface area contributed by atoms with Gasteiger partial charge in [-0.05, 0) is 38.6 Å². The lowest BCUT2D eigenvalue weighted by molar-refractivity contribution is -0.145. The zero-order valence-electron chi connectivity index (χ0n) is 26.3. The van der Waals surface area contributed by atoms with Crippen LogP contribution in [0.5, 0.6) is 5.75 Å². The Kier molecular flexibility index (Phi) is 11.9. The Hall–Kier alpha value is -4.22. The summed E-state index contributed by atoms with van der Waals surface area (Å²) >= 11 is 0. The molecule has 0 spiro atoms. The number of rotatable bonds is 17. The van der Waals surface area contributed by atoms with Crippen LogP contribution in [-0.4, -0.2) is 89.3 Å². The van der Waals surface area contributed by atoms with E-state index in [1.54, 1.807) is 14.0 Å². The van der Waals surface area contributed by atoms with Gasteiger partial charge in [0, 0.05) is 44.1 Å². The summed E-state index contributed by atoms with van der Waals surface area (Å²) in [7, 11) is 1.67. The number of hydrogen-bond acceptors (Lipinski definition) is 9. The Balaban J connectivity index is 1.60. The van der Waals surface area contributed by atoms with Gasteiger partial charge >= 0.3 is 5.97 Å². The number of aryl methyl sites for hydroxylation is 1. The molecule has 0 unspecified atom stereocenters. The first kappa shape index (κ1) is 32.7. The van der Waals surface area contributed by atoms with Crippen LogP contribution >= 0.6 is 0 Å². The number of nitrogen functional groups attached to an aromatic ring is 1. The Morgan fingerprint density at radius 3 is 2.50 bits per heavy atom. The van der Waals surface area contributed by atoms with Gasteiger partial charge in [0.05, 0.1) is 30.8 Å². The first-order valence-electron chi connectivity index (χ1n) is 15.3. The third-order valence-corrected chi connectivity index (χ3v) is 7.62. The molecule has 0 radical (unpaired) electrons. The maximum atomic E-state index is 13.7. The van der Waals surface area contributed by atoms with Crippen LogP contribution in [0.2, 0.25) is 0 Å². The zero-order valence-corrected chi connectivity index (χ0v) is 26.3. The Bertz CT molecular complexity index is 1550. The minimum absolute atomic E-state index is 0.0304. The van der Waals surface area contributed by atoms with Crippen molar-refractivity contribution in [3.05, 3.63) is 59.9 Å². The van der Waals surface area contributed by atoms with Gasteiger partial charge in [-0.1, -0.05) is 50.2 Å². The molecule has 2 N–H and O–H groups in total. The molecule has 4 aromatic rings. The van der Waals surface area contributed by atoms with Crippen molar-refractivity contribution >= 4 is 39.6 Å². The summed E-state index contributed by atoms with van der Waals surface area (Å²) in [6.45, 7) is 9.83. The van der Waals surface area contributed by atoms with E-state index in [1.807, 2.05) is 53.4 Å². The van der Waals surface area contributed by atoms with E-state index in [1.165, 1.54) is 0 Å². The van der Waals surface area contributed by atoms with Crippen molar-refractivity contribution in [1.82, 2.24) is 24.3 Å². The van der Waals surface area contributed by atoms with Crippen LogP contribution in [0.15, 0.2) is 48.5 Å². The van der Waals surface area contributed by atoms with E-state index in [9.17, 15) is 9.59 Å². The molecular weight excluding hydrogens is 560 g/mol. The Morgan fingerprint density at radius 2 is 1.75 bits per heavy atom. The van der Waals surface area contributed by atoms with Crippen molar-refractivity contribution < 1.29 is 23.8 Å². The fourth-order valence-electron chi connectivity index (χ4n) is 5.30. The summed E-state index contributed by atoms with van der Waals surface area (Å²) in [4.78, 5) is 39.0. The van der Waals surface area contributed by atoms with Crippen molar-refractivity contribution in [1.29, 1.82) is 0 Å². The molecule has 2 heterocycles. The number of anilines is 1. The molecule has 2 aromatic heterocycles. The number of imidazole rings is 1. The first-order chi connectivity index (χ1) is 21.4. The molecule has 0 saturated carbocycles. The number of aromatic nitrogens is 3. The molecule has 44 heavy (non-hydrogen) atoms. The summed E-state index contributed by atoms with van der Waals surface area (Å²) in [5.41, 5.74) is 9.62. The molecular formula is C33H44N6O5. The number of carbonyl (C=O) groups excluding carboxylic acids is 2. The third kappa shape index (κ3) is 8.03. The quantitative estimate of drug-likeness (QED) is 0.178. The normalized spacial score (nSPS) is 11.4. The molecule has 0 aliphatic heterocycles. The molecule has 0 bridgehead atoms. The lowest BCUT2D eigenvalue weighted by Crippen LogP contribution is -2.40. The predicted octanol–water partition coefficient (Wildman–Crippen LogP) is 4.06. The maximum Gasteiger partial charge on any atom is 0.344 e. The second kappa shape index (κ2) is 16.0. The Morgan fingerprint density at radius 1 is 1.00 bits per heavy atom. The molecule has 11 heteroatoms. The van der Waals surface area contributed by atoms with Crippen LogP contribution in [0, 0.1) is 0 Å². The van der Waals surface area contributed by atoms with E-state index in [0.29, 0.717) is 62.7 Å². The second-order valence-corrected chi connectivity index (χ2v) is 10.5. The molecule has 0 atom stereocenters. The van der Waals surface area contributed by atoms with Crippen LogP contribution in [0.4, 0.5) is 5.82 Å². The summed E-state index contributed by atoms with van der Waals surface area (Å²) in [5, 5.41) is 0.981. The summed E-state index contributed by atoms with van der Waals surface area (Å²) in [6, 6.07) is 15.4. The average molecular weight is 605 g/mol. The topological polar surface area (TPSA) is 125 Å². The van der Waals surface area contributed by atoms with Crippen molar-refractivity contribution in [2.24, 2.45) is 0 Å². The van der Waals surface area contributed by atoms with Gasteiger partial charge in [0.1, 0.15) is 17.1 Å². The van der Waals surface area contributed by atoms with E-state index < -0.39 is 5.97 Å².